The Labute approximate surface area is 173 Å². The quantitative estimate of drug-likeness (QED) is 0.409. The van der Waals surface area contributed by atoms with Gasteiger partial charge in [0.1, 0.15) is 0 Å². The van der Waals surface area contributed by atoms with E-state index in [0.29, 0.717) is 5.66 Å². The monoisotopic (exact) mass is 396 g/mol. The first-order chi connectivity index (χ1) is 14.3. The van der Waals surface area contributed by atoms with E-state index in [-0.39, 0.29) is 6.10 Å². The first-order valence-corrected chi connectivity index (χ1v) is 12.4. The van der Waals surface area contributed by atoms with Gasteiger partial charge in [0.15, 0.2) is 0 Å². The van der Waals surface area contributed by atoms with Crippen molar-refractivity contribution < 1.29 is 4.52 Å². The Hall–Kier alpha value is -2.73. The van der Waals surface area contributed by atoms with Crippen molar-refractivity contribution in [2.45, 2.75) is 18.7 Å². The van der Waals surface area contributed by atoms with Crippen LogP contribution in [0, 0.1) is 0 Å². The molecule has 144 valence electrons. The molecule has 1 aliphatic rings. The number of hydrogen-bond donors (Lipinski definition) is 0. The summed E-state index contributed by atoms with van der Waals surface area (Å²) in [6.45, 7) is -0.705. The molecule has 1 aliphatic heterocycles. The number of rotatable bonds is 4. The Morgan fingerprint density at radius 2 is 0.862 bits per heavy atom. The van der Waals surface area contributed by atoms with Crippen LogP contribution >= 0.6 is 6.83 Å². The summed E-state index contributed by atoms with van der Waals surface area (Å²) in [7, 11) is 0. The van der Waals surface area contributed by atoms with E-state index < -0.39 is 6.83 Å². The molecule has 1 heterocycles. The normalized spacial score (nSPS) is 23.3. The van der Waals surface area contributed by atoms with Gasteiger partial charge in [-0.15, -0.1) is 0 Å². The van der Waals surface area contributed by atoms with Gasteiger partial charge in [0.25, 0.3) is 0 Å². The fraction of sp³-hybridized carbons (Fsp3) is 0.111. The zero-order valence-corrected chi connectivity index (χ0v) is 17.5. The molecule has 5 rings (SSSR count). The summed E-state index contributed by atoms with van der Waals surface area (Å²) in [5, 5.41) is 3.90. The van der Waals surface area contributed by atoms with Gasteiger partial charge in [0, 0.05) is 0 Å². The van der Waals surface area contributed by atoms with E-state index >= 15 is 0 Å². The molecule has 1 unspecified atom stereocenters. The fourth-order valence-corrected chi connectivity index (χ4v) is 11.6. The number of benzene rings is 4. The summed E-state index contributed by atoms with van der Waals surface area (Å²) in [5.41, 5.74) is 1.58. The van der Waals surface area contributed by atoms with E-state index in [1.165, 1.54) is 21.5 Å². The zero-order valence-electron chi connectivity index (χ0n) is 16.6. The second-order valence-electron chi connectivity index (χ2n) is 7.79. The standard InChI is InChI=1S/C27H25OP/c1-22-27(23-14-6-2-7-15-23)28-29(22,24-16-8-3-9-17-24,25-18-10-4-11-19-25)26-20-12-5-13-21-26/h2-22,27H,1H3/t22?,27-/m0/s1. The van der Waals surface area contributed by atoms with Crippen molar-refractivity contribution in [2.75, 3.05) is 0 Å². The van der Waals surface area contributed by atoms with Crippen molar-refractivity contribution in [3.05, 3.63) is 127 Å². The van der Waals surface area contributed by atoms with Gasteiger partial charge in [-0.25, -0.2) is 0 Å². The summed E-state index contributed by atoms with van der Waals surface area (Å²) in [6.07, 6.45) is 0.0782. The van der Waals surface area contributed by atoms with Crippen LogP contribution in [0.3, 0.4) is 0 Å². The molecule has 2 atom stereocenters. The third-order valence-electron chi connectivity index (χ3n) is 6.48. The van der Waals surface area contributed by atoms with Crippen molar-refractivity contribution in [2.24, 2.45) is 0 Å². The topological polar surface area (TPSA) is 9.23 Å². The first-order valence-electron chi connectivity index (χ1n) is 10.2. The van der Waals surface area contributed by atoms with Gasteiger partial charge in [-0.1, -0.05) is 0 Å². The SMILES string of the molecule is CC1[C@@H](c2ccccc2)OP1(c1ccccc1)(c1ccccc1)c1ccccc1. The van der Waals surface area contributed by atoms with E-state index in [2.05, 4.69) is 128 Å². The summed E-state index contributed by atoms with van der Waals surface area (Å²) < 4.78 is 7.30. The predicted octanol–water partition coefficient (Wildman–Crippen LogP) is 5.59. The van der Waals surface area contributed by atoms with Gasteiger partial charge >= 0.3 is 173 Å². The van der Waals surface area contributed by atoms with Crippen LogP contribution in [0.1, 0.15) is 18.6 Å². The molecule has 29 heavy (non-hydrogen) atoms. The van der Waals surface area contributed by atoms with Gasteiger partial charge in [0.2, 0.25) is 0 Å². The van der Waals surface area contributed by atoms with E-state index in [4.69, 9.17) is 4.52 Å². The van der Waals surface area contributed by atoms with Gasteiger partial charge in [-0.3, -0.25) is 0 Å². The minimum absolute atomic E-state index is 0.0782. The van der Waals surface area contributed by atoms with Gasteiger partial charge < -0.3 is 0 Å². The summed E-state index contributed by atoms with van der Waals surface area (Å²) in [5.74, 6) is 0. The third kappa shape index (κ3) is 2.42. The van der Waals surface area contributed by atoms with Crippen LogP contribution in [0.25, 0.3) is 0 Å². The van der Waals surface area contributed by atoms with E-state index in [1.54, 1.807) is 0 Å². The average molecular weight is 396 g/mol. The first kappa shape index (κ1) is 18.3. The Balaban J connectivity index is 1.83. The molecule has 0 radical (unpaired) electrons. The Morgan fingerprint density at radius 3 is 1.21 bits per heavy atom. The van der Waals surface area contributed by atoms with Crippen LogP contribution in [0.15, 0.2) is 121 Å². The maximum atomic E-state index is 7.30. The van der Waals surface area contributed by atoms with Crippen LogP contribution < -0.4 is 15.9 Å². The third-order valence-corrected chi connectivity index (χ3v) is 12.9. The van der Waals surface area contributed by atoms with Crippen LogP contribution in [0.2, 0.25) is 0 Å². The van der Waals surface area contributed by atoms with Crippen molar-refractivity contribution >= 4 is 22.7 Å². The molecule has 4 aromatic carbocycles. The Morgan fingerprint density at radius 1 is 0.517 bits per heavy atom. The molecule has 1 fully saturated rings. The fourth-order valence-electron chi connectivity index (χ4n) is 5.11. The second kappa shape index (κ2) is 6.95. The van der Waals surface area contributed by atoms with E-state index in [1.807, 2.05) is 0 Å². The Bertz CT molecular complexity index is 995. The zero-order chi connectivity index (χ0) is 19.8. The maximum absolute atomic E-state index is 7.30. The molecule has 0 spiro atoms. The van der Waals surface area contributed by atoms with Crippen LogP contribution in [-0.4, -0.2) is 5.66 Å². The van der Waals surface area contributed by atoms with Crippen molar-refractivity contribution in [3.63, 3.8) is 0 Å². The van der Waals surface area contributed by atoms with Crippen molar-refractivity contribution in [1.29, 1.82) is 0 Å². The molecule has 4 aromatic rings. The van der Waals surface area contributed by atoms with Crippen molar-refractivity contribution in [3.8, 4) is 0 Å². The summed E-state index contributed by atoms with van der Waals surface area (Å²) in [4.78, 5) is 0. The molecule has 2 heteroatoms. The van der Waals surface area contributed by atoms with E-state index in [0.717, 1.165) is 0 Å². The molecule has 0 saturated carbocycles. The second-order valence-corrected chi connectivity index (χ2v) is 12.6. The van der Waals surface area contributed by atoms with Gasteiger partial charge in [-0.2, -0.15) is 0 Å². The average Bonchev–Trinajstić information content (AvgIpc) is 2.82. The van der Waals surface area contributed by atoms with Gasteiger partial charge in [-0.05, 0) is 0 Å². The number of hydrogen-bond acceptors (Lipinski definition) is 1. The molecular weight excluding hydrogens is 371 g/mol. The summed E-state index contributed by atoms with van der Waals surface area (Å²) in [6, 6.07) is 43.3. The predicted molar refractivity (Wildman–Crippen MR) is 125 cm³/mol. The Kier molecular flexibility index (Phi) is 4.39. The minimum atomic E-state index is -3.09. The molecule has 0 bridgehead atoms. The molecule has 0 aromatic heterocycles. The molecule has 0 N–H and O–H groups in total. The molecule has 1 saturated heterocycles. The van der Waals surface area contributed by atoms with Crippen molar-refractivity contribution in [1.82, 2.24) is 0 Å². The van der Waals surface area contributed by atoms with Crippen LogP contribution in [0.4, 0.5) is 0 Å². The molecule has 0 aliphatic carbocycles. The van der Waals surface area contributed by atoms with E-state index in [9.17, 15) is 0 Å². The summed E-state index contributed by atoms with van der Waals surface area (Å²) >= 11 is 0. The van der Waals surface area contributed by atoms with Crippen LogP contribution in [0.5, 0.6) is 0 Å². The molecule has 0 amide bonds. The van der Waals surface area contributed by atoms with Crippen LogP contribution in [-0.2, 0) is 4.52 Å². The molecular formula is C27H25OP. The molecule has 1 nitrogen and oxygen atoms in total. The van der Waals surface area contributed by atoms with Gasteiger partial charge in [0.05, 0.1) is 0 Å².